The van der Waals surface area contributed by atoms with Crippen molar-refractivity contribution in [2.45, 2.75) is 39.3 Å². The smallest absolute Gasteiger partial charge is 0.244 e. The topological polar surface area (TPSA) is 96.0 Å². The molecule has 1 atom stereocenters. The van der Waals surface area contributed by atoms with E-state index in [9.17, 15) is 22.4 Å². The molecule has 1 unspecified atom stereocenters. The monoisotopic (exact) mass is 569 g/mol. The number of anilines is 1. The SMILES string of the molecule is CCCNC(=O)C(Cc1ccccc1)N(Cc1ccccc1F)C(=O)CN(c1ccccc1OCC)S(C)(=O)=O. The first kappa shape index (κ1) is 30.6. The van der Waals surface area contributed by atoms with Gasteiger partial charge < -0.3 is 15.0 Å². The summed E-state index contributed by atoms with van der Waals surface area (Å²) in [6.45, 7) is 3.53. The third-order valence-electron chi connectivity index (χ3n) is 6.23. The quantitative estimate of drug-likeness (QED) is 0.315. The predicted octanol–water partition coefficient (Wildman–Crippen LogP) is 4.16. The lowest BCUT2D eigenvalue weighted by atomic mass is 10.0. The van der Waals surface area contributed by atoms with Gasteiger partial charge in [0.15, 0.2) is 0 Å². The summed E-state index contributed by atoms with van der Waals surface area (Å²) in [5.41, 5.74) is 1.20. The zero-order valence-corrected chi connectivity index (χ0v) is 23.9. The summed E-state index contributed by atoms with van der Waals surface area (Å²) in [5, 5.41) is 2.85. The average molecular weight is 570 g/mol. The number of carbonyl (C=O) groups excluding carboxylic acids is 2. The molecule has 3 rings (SSSR count). The van der Waals surface area contributed by atoms with Gasteiger partial charge in [0, 0.05) is 25.1 Å². The maximum absolute atomic E-state index is 14.8. The molecule has 0 fully saturated rings. The Kier molecular flexibility index (Phi) is 11.1. The van der Waals surface area contributed by atoms with Gasteiger partial charge in [0.1, 0.15) is 24.2 Å². The predicted molar refractivity (Wildman–Crippen MR) is 154 cm³/mol. The summed E-state index contributed by atoms with van der Waals surface area (Å²) < 4.78 is 47.3. The van der Waals surface area contributed by atoms with Crippen LogP contribution in [0.2, 0.25) is 0 Å². The third-order valence-corrected chi connectivity index (χ3v) is 7.36. The van der Waals surface area contributed by atoms with Crippen LogP contribution in [0.15, 0.2) is 78.9 Å². The van der Waals surface area contributed by atoms with Crippen molar-refractivity contribution in [2.24, 2.45) is 0 Å². The fourth-order valence-corrected chi connectivity index (χ4v) is 5.12. The largest absolute Gasteiger partial charge is 0.492 e. The van der Waals surface area contributed by atoms with Crippen molar-refractivity contribution in [3.05, 3.63) is 95.8 Å². The molecule has 0 bridgehead atoms. The number of para-hydroxylation sites is 2. The van der Waals surface area contributed by atoms with Crippen LogP contribution < -0.4 is 14.4 Å². The van der Waals surface area contributed by atoms with Gasteiger partial charge in [-0.15, -0.1) is 0 Å². The Morgan fingerprint density at radius 3 is 2.25 bits per heavy atom. The van der Waals surface area contributed by atoms with Crippen molar-refractivity contribution >= 4 is 27.5 Å². The number of hydrogen-bond acceptors (Lipinski definition) is 5. The lowest BCUT2D eigenvalue weighted by Gasteiger charge is -2.33. The van der Waals surface area contributed by atoms with Crippen molar-refractivity contribution in [2.75, 3.05) is 30.3 Å². The lowest BCUT2D eigenvalue weighted by Crippen LogP contribution is -2.53. The average Bonchev–Trinajstić information content (AvgIpc) is 2.93. The molecule has 0 heterocycles. The molecule has 0 saturated heterocycles. The summed E-state index contributed by atoms with van der Waals surface area (Å²) in [4.78, 5) is 28.8. The zero-order chi connectivity index (χ0) is 29.1. The van der Waals surface area contributed by atoms with Gasteiger partial charge in [-0.2, -0.15) is 0 Å². The molecule has 0 aliphatic rings. The van der Waals surface area contributed by atoms with E-state index in [-0.39, 0.29) is 24.2 Å². The van der Waals surface area contributed by atoms with E-state index in [1.807, 2.05) is 37.3 Å². The molecule has 40 heavy (non-hydrogen) atoms. The Balaban J connectivity index is 2.08. The molecule has 3 aromatic carbocycles. The van der Waals surface area contributed by atoms with E-state index >= 15 is 0 Å². The second-order valence-corrected chi connectivity index (χ2v) is 11.2. The fourth-order valence-electron chi connectivity index (χ4n) is 4.27. The number of nitrogens with one attached hydrogen (secondary N) is 1. The standard InChI is InChI=1S/C30H36FN3O5S/c1-4-19-32-30(36)27(20-23-13-7-6-8-14-23)33(21-24-15-9-10-16-25(24)31)29(35)22-34(40(3,37)38)26-17-11-12-18-28(26)39-5-2/h6-18,27H,4-5,19-22H2,1-3H3,(H,32,36). The van der Waals surface area contributed by atoms with Gasteiger partial charge in [0.25, 0.3) is 0 Å². The molecule has 0 aliphatic heterocycles. The van der Waals surface area contributed by atoms with Crippen molar-refractivity contribution in [1.82, 2.24) is 10.2 Å². The van der Waals surface area contributed by atoms with Crippen LogP contribution >= 0.6 is 0 Å². The van der Waals surface area contributed by atoms with Crippen LogP contribution in [0, 0.1) is 5.82 Å². The van der Waals surface area contributed by atoms with Crippen LogP contribution in [0.3, 0.4) is 0 Å². The molecular weight excluding hydrogens is 533 g/mol. The number of sulfonamides is 1. The van der Waals surface area contributed by atoms with Crippen molar-refractivity contribution in [3.8, 4) is 5.75 Å². The molecule has 8 nitrogen and oxygen atoms in total. The van der Waals surface area contributed by atoms with Gasteiger partial charge in [-0.3, -0.25) is 13.9 Å². The minimum absolute atomic E-state index is 0.158. The summed E-state index contributed by atoms with van der Waals surface area (Å²) in [6, 6.07) is 20.7. The van der Waals surface area contributed by atoms with Crippen LogP contribution in [0.5, 0.6) is 5.75 Å². The lowest BCUT2D eigenvalue weighted by molar-refractivity contribution is -0.140. The maximum atomic E-state index is 14.8. The Morgan fingerprint density at radius 1 is 0.950 bits per heavy atom. The number of rotatable bonds is 14. The van der Waals surface area contributed by atoms with Crippen molar-refractivity contribution in [1.29, 1.82) is 0 Å². The first-order chi connectivity index (χ1) is 19.2. The molecule has 0 spiro atoms. The number of ether oxygens (including phenoxy) is 1. The highest BCUT2D eigenvalue weighted by Gasteiger charge is 2.34. The molecule has 1 N–H and O–H groups in total. The molecule has 0 aromatic heterocycles. The maximum Gasteiger partial charge on any atom is 0.244 e. The number of hydrogen-bond donors (Lipinski definition) is 1. The van der Waals surface area contributed by atoms with Crippen molar-refractivity contribution < 1.29 is 27.1 Å². The first-order valence-electron chi connectivity index (χ1n) is 13.2. The van der Waals surface area contributed by atoms with Gasteiger partial charge in [-0.1, -0.05) is 67.6 Å². The second-order valence-electron chi connectivity index (χ2n) is 9.28. The fraction of sp³-hybridized carbons (Fsp3) is 0.333. The molecule has 3 aromatic rings. The highest BCUT2D eigenvalue weighted by atomic mass is 32.2. The van der Waals surface area contributed by atoms with E-state index in [4.69, 9.17) is 4.74 Å². The van der Waals surface area contributed by atoms with E-state index in [1.54, 1.807) is 37.3 Å². The van der Waals surface area contributed by atoms with E-state index in [2.05, 4.69) is 5.32 Å². The summed E-state index contributed by atoms with van der Waals surface area (Å²) in [5.74, 6) is -1.30. The molecule has 2 amide bonds. The Hall–Kier alpha value is -3.92. The van der Waals surface area contributed by atoms with Crippen molar-refractivity contribution in [3.63, 3.8) is 0 Å². The van der Waals surface area contributed by atoms with E-state index in [1.165, 1.54) is 23.1 Å². The molecule has 0 saturated carbocycles. The van der Waals surface area contributed by atoms with Crippen LogP contribution in [-0.2, 0) is 32.6 Å². The van der Waals surface area contributed by atoms with E-state index in [0.717, 1.165) is 16.1 Å². The highest BCUT2D eigenvalue weighted by Crippen LogP contribution is 2.30. The zero-order valence-electron chi connectivity index (χ0n) is 23.0. The van der Waals surface area contributed by atoms with E-state index < -0.39 is 40.2 Å². The minimum Gasteiger partial charge on any atom is -0.492 e. The minimum atomic E-state index is -3.96. The number of carbonyl (C=O) groups is 2. The Morgan fingerprint density at radius 2 is 1.60 bits per heavy atom. The number of benzene rings is 3. The normalized spacial score (nSPS) is 11.9. The summed E-state index contributed by atoms with van der Waals surface area (Å²) in [7, 11) is -3.96. The van der Waals surface area contributed by atoms with Crippen LogP contribution in [0.1, 0.15) is 31.4 Å². The molecule has 214 valence electrons. The molecule has 0 aliphatic carbocycles. The van der Waals surface area contributed by atoms with Gasteiger partial charge in [0.05, 0.1) is 18.6 Å². The Bertz CT molecular complexity index is 1380. The van der Waals surface area contributed by atoms with Gasteiger partial charge in [-0.05, 0) is 37.1 Å². The molecule has 10 heteroatoms. The molecule has 0 radical (unpaired) electrons. The number of nitrogens with zero attached hydrogens (tertiary/aromatic N) is 2. The van der Waals surface area contributed by atoms with Gasteiger partial charge in [-0.25, -0.2) is 12.8 Å². The van der Waals surface area contributed by atoms with Gasteiger partial charge >= 0.3 is 0 Å². The third kappa shape index (κ3) is 8.29. The highest BCUT2D eigenvalue weighted by molar-refractivity contribution is 7.92. The Labute approximate surface area is 235 Å². The van der Waals surface area contributed by atoms with E-state index in [0.29, 0.717) is 25.3 Å². The number of halogens is 1. The molecular formula is C30H36FN3O5S. The van der Waals surface area contributed by atoms with Crippen LogP contribution in [0.25, 0.3) is 0 Å². The summed E-state index contributed by atoms with van der Waals surface area (Å²) in [6.07, 6.45) is 1.84. The van der Waals surface area contributed by atoms with Gasteiger partial charge in [0.2, 0.25) is 21.8 Å². The van der Waals surface area contributed by atoms with Crippen LogP contribution in [-0.4, -0.2) is 57.1 Å². The summed E-state index contributed by atoms with van der Waals surface area (Å²) >= 11 is 0. The number of amides is 2. The van der Waals surface area contributed by atoms with Crippen LogP contribution in [0.4, 0.5) is 10.1 Å². The second kappa shape index (κ2) is 14.5. The first-order valence-corrected chi connectivity index (χ1v) is 15.0.